The number of halogens is 1. The number of hydrogen-bond acceptors (Lipinski definition) is 4. The van der Waals surface area contributed by atoms with Crippen molar-refractivity contribution in [3.8, 4) is 6.07 Å². The van der Waals surface area contributed by atoms with Crippen LogP contribution in [-0.4, -0.2) is 23.6 Å². The van der Waals surface area contributed by atoms with Crippen LogP contribution in [0.1, 0.15) is 16.7 Å². The number of amides is 1. The highest BCUT2D eigenvalue weighted by atomic mass is 32.2. The van der Waals surface area contributed by atoms with Crippen LogP contribution in [-0.2, 0) is 17.9 Å². The highest BCUT2D eigenvalue weighted by Gasteiger charge is 2.13. The van der Waals surface area contributed by atoms with Crippen molar-refractivity contribution >= 4 is 23.4 Å². The molecule has 1 amide bonds. The molecule has 0 fully saturated rings. The Labute approximate surface area is 180 Å². The van der Waals surface area contributed by atoms with E-state index in [0.29, 0.717) is 18.7 Å². The first-order valence-electron chi connectivity index (χ1n) is 9.45. The van der Waals surface area contributed by atoms with E-state index in [1.54, 1.807) is 30.0 Å². The Hall–Kier alpha value is -3.14. The van der Waals surface area contributed by atoms with Crippen LogP contribution in [0.15, 0.2) is 77.7 Å². The summed E-state index contributed by atoms with van der Waals surface area (Å²) < 4.78 is 13.6. The molecule has 0 unspecified atom stereocenters. The summed E-state index contributed by atoms with van der Waals surface area (Å²) in [7, 11) is 0. The standard InChI is InChI=1S/C24H22FN3OS/c1-30-23-7-3-6-22(13-23)27-24(29)17-28(16-20-4-2-5-21(25)12-20)15-19-10-8-18(14-26)9-11-19/h2-13H,15-17H2,1H3,(H,27,29). The zero-order chi connectivity index (χ0) is 21.3. The van der Waals surface area contributed by atoms with E-state index in [2.05, 4.69) is 11.4 Å². The number of hydrogen-bond donors (Lipinski definition) is 1. The molecule has 0 bridgehead atoms. The van der Waals surface area contributed by atoms with Crippen molar-refractivity contribution in [2.75, 3.05) is 18.1 Å². The Morgan fingerprint density at radius 3 is 2.47 bits per heavy atom. The molecule has 0 aliphatic heterocycles. The van der Waals surface area contributed by atoms with Crippen LogP contribution in [0, 0.1) is 17.1 Å². The highest BCUT2D eigenvalue weighted by molar-refractivity contribution is 7.98. The molecule has 0 aromatic heterocycles. The second-order valence-electron chi connectivity index (χ2n) is 6.86. The number of thioether (sulfide) groups is 1. The van der Waals surface area contributed by atoms with Gasteiger partial charge in [-0.1, -0.05) is 30.3 Å². The van der Waals surface area contributed by atoms with Crippen molar-refractivity contribution in [1.29, 1.82) is 5.26 Å². The number of nitrogens with one attached hydrogen (secondary N) is 1. The summed E-state index contributed by atoms with van der Waals surface area (Å²) in [6.45, 7) is 1.08. The van der Waals surface area contributed by atoms with Crippen LogP contribution in [0.4, 0.5) is 10.1 Å². The van der Waals surface area contributed by atoms with Gasteiger partial charge in [0.15, 0.2) is 0 Å². The van der Waals surface area contributed by atoms with E-state index < -0.39 is 0 Å². The molecule has 6 heteroatoms. The minimum absolute atomic E-state index is 0.140. The van der Waals surface area contributed by atoms with Gasteiger partial charge < -0.3 is 5.32 Å². The minimum atomic E-state index is -0.302. The summed E-state index contributed by atoms with van der Waals surface area (Å²) >= 11 is 1.61. The zero-order valence-electron chi connectivity index (χ0n) is 16.6. The molecular formula is C24H22FN3OS. The quantitative estimate of drug-likeness (QED) is 0.519. The largest absolute Gasteiger partial charge is 0.325 e. The van der Waals surface area contributed by atoms with Crippen LogP contribution in [0.5, 0.6) is 0 Å². The van der Waals surface area contributed by atoms with Crippen LogP contribution < -0.4 is 5.32 Å². The molecule has 0 heterocycles. The van der Waals surface area contributed by atoms with Gasteiger partial charge in [-0.2, -0.15) is 5.26 Å². The maximum Gasteiger partial charge on any atom is 0.238 e. The smallest absolute Gasteiger partial charge is 0.238 e. The van der Waals surface area contributed by atoms with E-state index >= 15 is 0 Å². The highest BCUT2D eigenvalue weighted by Crippen LogP contribution is 2.19. The number of nitrogens with zero attached hydrogens (tertiary/aromatic N) is 2. The maximum atomic E-state index is 13.6. The number of benzene rings is 3. The zero-order valence-corrected chi connectivity index (χ0v) is 17.5. The summed E-state index contributed by atoms with van der Waals surface area (Å²) in [4.78, 5) is 15.7. The van der Waals surface area contributed by atoms with Gasteiger partial charge in [-0.15, -0.1) is 11.8 Å². The number of anilines is 1. The van der Waals surface area contributed by atoms with Crippen molar-refractivity contribution in [3.05, 3.63) is 95.3 Å². The van der Waals surface area contributed by atoms with Gasteiger partial charge in [-0.05, 0) is 59.8 Å². The van der Waals surface area contributed by atoms with E-state index in [0.717, 1.165) is 21.7 Å². The van der Waals surface area contributed by atoms with Gasteiger partial charge in [-0.3, -0.25) is 9.69 Å². The van der Waals surface area contributed by atoms with Gasteiger partial charge in [0.1, 0.15) is 5.82 Å². The normalized spacial score (nSPS) is 10.6. The van der Waals surface area contributed by atoms with Crippen molar-refractivity contribution < 1.29 is 9.18 Å². The molecule has 0 atom stereocenters. The summed E-state index contributed by atoms with van der Waals surface area (Å²) in [5.74, 6) is -0.442. The van der Waals surface area contributed by atoms with Crippen molar-refractivity contribution in [1.82, 2.24) is 4.90 Å². The predicted molar refractivity (Wildman–Crippen MR) is 119 cm³/mol. The Bertz CT molecular complexity index is 1050. The molecule has 0 saturated carbocycles. The first-order valence-corrected chi connectivity index (χ1v) is 10.7. The molecule has 4 nitrogen and oxygen atoms in total. The van der Waals surface area contributed by atoms with Gasteiger partial charge in [0.25, 0.3) is 0 Å². The Kier molecular flexibility index (Phi) is 7.61. The van der Waals surface area contributed by atoms with Crippen LogP contribution >= 0.6 is 11.8 Å². The summed E-state index contributed by atoms with van der Waals surface area (Å²) in [6.07, 6.45) is 1.99. The summed E-state index contributed by atoms with van der Waals surface area (Å²) in [5, 5.41) is 11.9. The molecule has 3 rings (SSSR count). The van der Waals surface area contributed by atoms with Crippen molar-refractivity contribution in [2.24, 2.45) is 0 Å². The molecule has 3 aromatic rings. The number of rotatable bonds is 8. The molecule has 152 valence electrons. The monoisotopic (exact) mass is 419 g/mol. The van der Waals surface area contributed by atoms with Gasteiger partial charge in [0, 0.05) is 23.7 Å². The lowest BCUT2D eigenvalue weighted by Gasteiger charge is -2.22. The summed E-state index contributed by atoms with van der Waals surface area (Å²) in [5.41, 5.74) is 3.10. The van der Waals surface area contributed by atoms with Gasteiger partial charge in [0.2, 0.25) is 5.91 Å². The van der Waals surface area contributed by atoms with E-state index in [1.807, 2.05) is 53.6 Å². The van der Waals surface area contributed by atoms with Gasteiger partial charge >= 0.3 is 0 Å². The lowest BCUT2D eigenvalue weighted by atomic mass is 10.1. The average molecular weight is 420 g/mol. The third-order valence-electron chi connectivity index (χ3n) is 4.51. The average Bonchev–Trinajstić information content (AvgIpc) is 2.74. The molecule has 3 aromatic carbocycles. The lowest BCUT2D eigenvalue weighted by molar-refractivity contribution is -0.117. The minimum Gasteiger partial charge on any atom is -0.325 e. The topological polar surface area (TPSA) is 56.1 Å². The maximum absolute atomic E-state index is 13.6. The number of carbonyl (C=O) groups is 1. The fraction of sp³-hybridized carbons (Fsp3) is 0.167. The van der Waals surface area contributed by atoms with E-state index in [-0.39, 0.29) is 18.3 Å². The van der Waals surface area contributed by atoms with Gasteiger partial charge in [0.05, 0.1) is 18.2 Å². The Morgan fingerprint density at radius 1 is 1.03 bits per heavy atom. The van der Waals surface area contributed by atoms with E-state index in [1.165, 1.54) is 12.1 Å². The third-order valence-corrected chi connectivity index (χ3v) is 5.23. The fourth-order valence-electron chi connectivity index (χ4n) is 3.11. The fourth-order valence-corrected chi connectivity index (χ4v) is 3.57. The third kappa shape index (κ3) is 6.45. The van der Waals surface area contributed by atoms with Crippen LogP contribution in [0.2, 0.25) is 0 Å². The SMILES string of the molecule is CSc1cccc(NC(=O)CN(Cc2ccc(C#N)cc2)Cc2cccc(F)c2)c1. The molecule has 1 N–H and O–H groups in total. The first-order chi connectivity index (χ1) is 14.6. The van der Waals surface area contributed by atoms with Crippen LogP contribution in [0.3, 0.4) is 0 Å². The Morgan fingerprint density at radius 2 is 1.77 bits per heavy atom. The molecule has 0 aliphatic carbocycles. The second kappa shape index (κ2) is 10.6. The molecule has 0 radical (unpaired) electrons. The summed E-state index contributed by atoms with van der Waals surface area (Å²) in [6, 6.07) is 23.4. The molecular weight excluding hydrogens is 397 g/mol. The molecule has 0 spiro atoms. The van der Waals surface area contributed by atoms with Crippen molar-refractivity contribution in [3.63, 3.8) is 0 Å². The Balaban J connectivity index is 1.73. The van der Waals surface area contributed by atoms with Gasteiger partial charge in [-0.25, -0.2) is 4.39 Å². The predicted octanol–water partition coefficient (Wildman–Crippen LogP) is 5.06. The van der Waals surface area contributed by atoms with Crippen LogP contribution in [0.25, 0.3) is 0 Å². The number of carbonyl (C=O) groups excluding carboxylic acids is 1. The lowest BCUT2D eigenvalue weighted by Crippen LogP contribution is -2.32. The first kappa shape index (κ1) is 21.6. The van der Waals surface area contributed by atoms with E-state index in [4.69, 9.17) is 5.26 Å². The number of nitriles is 1. The molecule has 0 aliphatic rings. The molecule has 0 saturated heterocycles. The van der Waals surface area contributed by atoms with E-state index in [9.17, 15) is 9.18 Å². The second-order valence-corrected chi connectivity index (χ2v) is 7.74. The van der Waals surface area contributed by atoms with Crippen molar-refractivity contribution in [2.45, 2.75) is 18.0 Å². The molecule has 30 heavy (non-hydrogen) atoms.